The van der Waals surface area contributed by atoms with Gasteiger partial charge in [-0.3, -0.25) is 14.4 Å². The fourth-order valence-corrected chi connectivity index (χ4v) is 1.84. The Morgan fingerprint density at radius 3 is 1.75 bits per heavy atom. The third-order valence-corrected chi connectivity index (χ3v) is 3.33. The zero-order chi connectivity index (χ0) is 19.0. The predicted octanol–water partition coefficient (Wildman–Crippen LogP) is -1.18. The molecule has 0 fully saturated rings. The maximum absolute atomic E-state index is 12.1. The van der Waals surface area contributed by atoms with Crippen LogP contribution in [0.3, 0.4) is 0 Å². The molecule has 9 heteroatoms. The summed E-state index contributed by atoms with van der Waals surface area (Å²) in [5.41, 5.74) is 5.45. The number of carboxylic acid groups (broad SMARTS) is 1. The molecule has 0 saturated heterocycles. The van der Waals surface area contributed by atoms with E-state index in [4.69, 9.17) is 10.8 Å². The maximum atomic E-state index is 12.1. The number of amides is 3. The highest BCUT2D eigenvalue weighted by Crippen LogP contribution is 2.03. The molecule has 0 aliphatic rings. The van der Waals surface area contributed by atoms with E-state index in [0.717, 1.165) is 0 Å². The van der Waals surface area contributed by atoms with Gasteiger partial charge in [0.2, 0.25) is 17.7 Å². The monoisotopic (exact) mass is 344 g/mol. The molecule has 9 nitrogen and oxygen atoms in total. The van der Waals surface area contributed by atoms with Crippen LogP contribution < -0.4 is 21.7 Å². The van der Waals surface area contributed by atoms with Gasteiger partial charge in [-0.25, -0.2) is 4.79 Å². The van der Waals surface area contributed by atoms with Gasteiger partial charge in [0.25, 0.3) is 0 Å². The first kappa shape index (κ1) is 21.8. The van der Waals surface area contributed by atoms with Crippen LogP contribution in [0.25, 0.3) is 0 Å². The first-order valence-corrected chi connectivity index (χ1v) is 7.83. The second-order valence-electron chi connectivity index (χ2n) is 6.36. The fraction of sp³-hybridized carbons (Fsp3) is 0.733. The average Bonchev–Trinajstić information content (AvgIpc) is 2.46. The molecular formula is C15H28N4O5. The summed E-state index contributed by atoms with van der Waals surface area (Å²) in [5.74, 6) is -3.28. The van der Waals surface area contributed by atoms with Gasteiger partial charge in [-0.15, -0.1) is 0 Å². The van der Waals surface area contributed by atoms with Crippen molar-refractivity contribution in [3.05, 3.63) is 0 Å². The number of carbonyl (C=O) groups is 4. The van der Waals surface area contributed by atoms with Crippen molar-refractivity contribution >= 4 is 23.7 Å². The van der Waals surface area contributed by atoms with Gasteiger partial charge < -0.3 is 26.8 Å². The van der Waals surface area contributed by atoms with Crippen molar-refractivity contribution in [3.8, 4) is 0 Å². The summed E-state index contributed by atoms with van der Waals surface area (Å²) in [7, 11) is 0. The first-order valence-electron chi connectivity index (χ1n) is 7.83. The van der Waals surface area contributed by atoms with E-state index in [-0.39, 0.29) is 18.4 Å². The topological polar surface area (TPSA) is 151 Å². The summed E-state index contributed by atoms with van der Waals surface area (Å²) in [5, 5.41) is 16.3. The molecule has 6 N–H and O–H groups in total. The van der Waals surface area contributed by atoms with E-state index in [1.165, 1.54) is 6.92 Å². The summed E-state index contributed by atoms with van der Waals surface area (Å²) in [6.07, 6.45) is 0. The second kappa shape index (κ2) is 9.86. The zero-order valence-corrected chi connectivity index (χ0v) is 14.8. The molecule has 0 aliphatic carbocycles. The predicted molar refractivity (Wildman–Crippen MR) is 87.8 cm³/mol. The van der Waals surface area contributed by atoms with Crippen LogP contribution in [-0.4, -0.2) is 53.5 Å². The number of aliphatic carboxylic acids is 1. The lowest BCUT2D eigenvalue weighted by molar-refractivity contribution is -0.143. The van der Waals surface area contributed by atoms with Crippen LogP contribution in [-0.2, 0) is 19.2 Å². The smallest absolute Gasteiger partial charge is 0.326 e. The molecule has 0 heterocycles. The van der Waals surface area contributed by atoms with Crippen LogP contribution in [0.5, 0.6) is 0 Å². The Hall–Kier alpha value is -2.16. The zero-order valence-electron chi connectivity index (χ0n) is 14.8. The van der Waals surface area contributed by atoms with Gasteiger partial charge in [-0.1, -0.05) is 27.7 Å². The van der Waals surface area contributed by atoms with E-state index < -0.39 is 41.8 Å². The fourth-order valence-electron chi connectivity index (χ4n) is 1.84. The Morgan fingerprint density at radius 1 is 0.875 bits per heavy atom. The molecule has 3 unspecified atom stereocenters. The molecule has 0 aromatic rings. The lowest BCUT2D eigenvalue weighted by Crippen LogP contribution is -2.55. The van der Waals surface area contributed by atoms with Crippen LogP contribution >= 0.6 is 0 Å². The van der Waals surface area contributed by atoms with Crippen molar-refractivity contribution in [1.29, 1.82) is 0 Å². The molecule has 0 spiro atoms. The summed E-state index contributed by atoms with van der Waals surface area (Å²) in [6.45, 7) is 7.92. The SMILES string of the molecule is CC(N)C(=O)NC(C(=O)NCC(=O)NC(C(=O)O)C(C)C)C(C)C. The number of nitrogens with two attached hydrogens (primary N) is 1. The lowest BCUT2D eigenvalue weighted by Gasteiger charge is -2.23. The van der Waals surface area contributed by atoms with E-state index in [2.05, 4.69) is 16.0 Å². The van der Waals surface area contributed by atoms with E-state index in [1.54, 1.807) is 27.7 Å². The summed E-state index contributed by atoms with van der Waals surface area (Å²) in [4.78, 5) is 46.6. The molecular weight excluding hydrogens is 316 g/mol. The number of hydrogen-bond acceptors (Lipinski definition) is 5. The Bertz CT molecular complexity index is 476. The van der Waals surface area contributed by atoms with Gasteiger partial charge in [0.05, 0.1) is 12.6 Å². The molecule has 0 bridgehead atoms. The van der Waals surface area contributed by atoms with E-state index in [0.29, 0.717) is 0 Å². The standard InChI is InChI=1S/C15H28N4O5/c1-7(2)11(19-13(21)9(5)16)14(22)17-6-10(20)18-12(8(3)4)15(23)24/h7-9,11-12H,6,16H2,1-5H3,(H,17,22)(H,18,20)(H,19,21)(H,23,24). The van der Waals surface area contributed by atoms with Crippen molar-refractivity contribution in [2.45, 2.75) is 52.7 Å². The Labute approximate surface area is 141 Å². The van der Waals surface area contributed by atoms with Crippen molar-refractivity contribution in [1.82, 2.24) is 16.0 Å². The van der Waals surface area contributed by atoms with Gasteiger partial charge in [0.15, 0.2) is 0 Å². The maximum Gasteiger partial charge on any atom is 0.326 e. The molecule has 0 aromatic carbocycles. The van der Waals surface area contributed by atoms with Gasteiger partial charge in [-0.05, 0) is 18.8 Å². The van der Waals surface area contributed by atoms with Crippen LogP contribution in [0.15, 0.2) is 0 Å². The molecule has 138 valence electrons. The lowest BCUT2D eigenvalue weighted by atomic mass is 10.0. The molecule has 0 aromatic heterocycles. The quantitative estimate of drug-likeness (QED) is 0.355. The minimum Gasteiger partial charge on any atom is -0.480 e. The van der Waals surface area contributed by atoms with Gasteiger partial charge in [0.1, 0.15) is 12.1 Å². The largest absolute Gasteiger partial charge is 0.480 e. The number of carbonyl (C=O) groups excluding carboxylic acids is 3. The van der Waals surface area contributed by atoms with E-state index in [9.17, 15) is 19.2 Å². The van der Waals surface area contributed by atoms with Crippen molar-refractivity contribution < 1.29 is 24.3 Å². The Balaban J connectivity index is 4.64. The van der Waals surface area contributed by atoms with Crippen molar-refractivity contribution in [3.63, 3.8) is 0 Å². The molecule has 0 aliphatic heterocycles. The highest BCUT2D eigenvalue weighted by molar-refractivity contribution is 5.92. The highest BCUT2D eigenvalue weighted by Gasteiger charge is 2.27. The Morgan fingerprint density at radius 2 is 1.38 bits per heavy atom. The van der Waals surface area contributed by atoms with Crippen LogP contribution in [0.4, 0.5) is 0 Å². The van der Waals surface area contributed by atoms with Crippen LogP contribution in [0.1, 0.15) is 34.6 Å². The second-order valence-corrected chi connectivity index (χ2v) is 6.36. The van der Waals surface area contributed by atoms with Gasteiger partial charge in [-0.2, -0.15) is 0 Å². The molecule has 0 rings (SSSR count). The summed E-state index contributed by atoms with van der Waals surface area (Å²) < 4.78 is 0. The molecule has 24 heavy (non-hydrogen) atoms. The molecule has 0 saturated carbocycles. The van der Waals surface area contributed by atoms with Gasteiger partial charge >= 0.3 is 5.97 Å². The average molecular weight is 344 g/mol. The van der Waals surface area contributed by atoms with Crippen LogP contribution in [0, 0.1) is 11.8 Å². The number of nitrogens with one attached hydrogen (secondary N) is 3. The summed E-state index contributed by atoms with van der Waals surface area (Å²) >= 11 is 0. The van der Waals surface area contributed by atoms with E-state index in [1.807, 2.05) is 0 Å². The number of carboxylic acids is 1. The highest BCUT2D eigenvalue weighted by atomic mass is 16.4. The van der Waals surface area contributed by atoms with Gasteiger partial charge in [0, 0.05) is 0 Å². The van der Waals surface area contributed by atoms with Crippen molar-refractivity contribution in [2.24, 2.45) is 17.6 Å². The molecule has 3 atom stereocenters. The van der Waals surface area contributed by atoms with Crippen LogP contribution in [0.2, 0.25) is 0 Å². The number of rotatable bonds is 9. The van der Waals surface area contributed by atoms with E-state index >= 15 is 0 Å². The summed E-state index contributed by atoms with van der Waals surface area (Å²) in [6, 6.07) is -2.63. The third kappa shape index (κ3) is 7.40. The molecule has 0 radical (unpaired) electrons. The third-order valence-electron chi connectivity index (χ3n) is 3.33. The first-order chi connectivity index (χ1) is 11.0. The minimum absolute atomic E-state index is 0.210. The minimum atomic E-state index is -1.14. The Kier molecular flexibility index (Phi) is 8.97. The molecule has 3 amide bonds. The number of hydrogen-bond donors (Lipinski definition) is 5. The van der Waals surface area contributed by atoms with Crippen molar-refractivity contribution in [2.75, 3.05) is 6.54 Å². The normalized spacial score (nSPS) is 14.7.